The summed E-state index contributed by atoms with van der Waals surface area (Å²) in [6.07, 6.45) is 0.548. The van der Waals surface area contributed by atoms with E-state index >= 15 is 0 Å². The number of para-hydroxylation sites is 1. The van der Waals surface area contributed by atoms with Crippen molar-refractivity contribution in [2.75, 3.05) is 23.8 Å². The van der Waals surface area contributed by atoms with E-state index in [1.54, 1.807) is 54.6 Å². The second kappa shape index (κ2) is 11.0. The molecule has 1 amide bonds. The van der Waals surface area contributed by atoms with Gasteiger partial charge in [-0.05, 0) is 60.5 Å². The number of hydrogen-bond acceptors (Lipinski definition) is 5. The van der Waals surface area contributed by atoms with Gasteiger partial charge in [0.1, 0.15) is 11.6 Å². The maximum Gasteiger partial charge on any atom is 0.341 e. The zero-order valence-corrected chi connectivity index (χ0v) is 18.4. The average molecular weight is 467 g/mol. The number of amidine groups is 1. The highest BCUT2D eigenvalue weighted by atomic mass is 35.5. The molecule has 3 aromatic carbocycles. The van der Waals surface area contributed by atoms with Crippen LogP contribution in [0.1, 0.15) is 21.5 Å². The van der Waals surface area contributed by atoms with E-state index in [1.807, 2.05) is 12.1 Å². The lowest BCUT2D eigenvalue weighted by Crippen LogP contribution is -2.16. The maximum atomic E-state index is 12.9. The molecule has 33 heavy (non-hydrogen) atoms. The zero-order chi connectivity index (χ0) is 23.8. The number of anilines is 2. The van der Waals surface area contributed by atoms with Gasteiger partial charge in [-0.3, -0.25) is 10.2 Å². The minimum atomic E-state index is -1.05. The number of rotatable bonds is 10. The largest absolute Gasteiger partial charge is 0.482 e. The third-order valence-corrected chi connectivity index (χ3v) is 4.95. The Morgan fingerprint density at radius 2 is 1.79 bits per heavy atom. The van der Waals surface area contributed by atoms with E-state index in [9.17, 15) is 9.59 Å². The molecule has 0 aliphatic rings. The van der Waals surface area contributed by atoms with Gasteiger partial charge in [-0.1, -0.05) is 29.8 Å². The molecular formula is C24H23ClN4O4. The van der Waals surface area contributed by atoms with E-state index in [4.69, 9.17) is 32.6 Å². The Balaban J connectivity index is 1.68. The van der Waals surface area contributed by atoms with E-state index < -0.39 is 12.6 Å². The van der Waals surface area contributed by atoms with Gasteiger partial charge in [0.25, 0.3) is 5.91 Å². The zero-order valence-electron chi connectivity index (χ0n) is 17.6. The second-order valence-corrected chi connectivity index (χ2v) is 7.54. The number of amides is 1. The van der Waals surface area contributed by atoms with Gasteiger partial charge in [0.05, 0.1) is 5.56 Å². The molecule has 0 aromatic heterocycles. The van der Waals surface area contributed by atoms with Gasteiger partial charge in [-0.25, -0.2) is 4.79 Å². The Kier molecular flexibility index (Phi) is 7.88. The van der Waals surface area contributed by atoms with Crippen molar-refractivity contribution in [2.24, 2.45) is 5.73 Å². The van der Waals surface area contributed by atoms with E-state index in [-0.39, 0.29) is 11.7 Å². The van der Waals surface area contributed by atoms with E-state index in [1.165, 1.54) is 0 Å². The molecule has 170 valence electrons. The number of nitrogens with two attached hydrogens (primary N) is 1. The molecule has 0 bridgehead atoms. The van der Waals surface area contributed by atoms with E-state index in [2.05, 4.69) is 10.6 Å². The molecule has 0 aliphatic heterocycles. The van der Waals surface area contributed by atoms with Crippen LogP contribution in [0.2, 0.25) is 5.02 Å². The Hall–Kier alpha value is -4.04. The number of nitrogens with one attached hydrogen (secondary N) is 3. The fourth-order valence-corrected chi connectivity index (χ4v) is 3.28. The molecule has 0 radical (unpaired) electrons. The number of hydrogen-bond donors (Lipinski definition) is 5. The summed E-state index contributed by atoms with van der Waals surface area (Å²) in [4.78, 5) is 23.7. The molecule has 0 heterocycles. The topological polar surface area (TPSA) is 138 Å². The second-order valence-electron chi connectivity index (χ2n) is 7.10. The van der Waals surface area contributed by atoms with Crippen LogP contribution >= 0.6 is 11.6 Å². The Labute approximate surface area is 195 Å². The van der Waals surface area contributed by atoms with Crippen LogP contribution in [-0.2, 0) is 11.2 Å². The maximum absolute atomic E-state index is 12.9. The molecule has 0 saturated carbocycles. The Bertz CT molecular complexity index is 1170. The summed E-state index contributed by atoms with van der Waals surface area (Å²) >= 11 is 6.12. The molecule has 3 rings (SSSR count). The summed E-state index contributed by atoms with van der Waals surface area (Å²) in [5.74, 6) is -0.939. The van der Waals surface area contributed by atoms with Gasteiger partial charge >= 0.3 is 5.97 Å². The molecule has 0 saturated heterocycles. The van der Waals surface area contributed by atoms with Crippen molar-refractivity contribution in [3.63, 3.8) is 0 Å². The predicted molar refractivity (Wildman–Crippen MR) is 129 cm³/mol. The highest BCUT2D eigenvalue weighted by molar-refractivity contribution is 6.31. The lowest BCUT2D eigenvalue weighted by atomic mass is 10.1. The standard InChI is InChI=1S/C24H23ClN4O4/c25-17-7-10-20(28-12-11-15-3-1-2-4-21(15)33-14-22(30)31)19(13-17)24(32)29-18-8-5-16(6-9-18)23(26)27/h1-10,13,28H,11-12,14H2,(H3,26,27)(H,29,32)(H,30,31). The number of halogens is 1. The predicted octanol–water partition coefficient (Wildman–Crippen LogP) is 3.99. The summed E-state index contributed by atoms with van der Waals surface area (Å²) in [6.45, 7) is 0.0575. The first kappa shape index (κ1) is 23.6. The number of carboxylic acid groups (broad SMARTS) is 1. The van der Waals surface area contributed by atoms with Gasteiger partial charge < -0.3 is 26.2 Å². The summed E-state index contributed by atoms with van der Waals surface area (Å²) in [5.41, 5.74) is 8.39. The Morgan fingerprint density at radius 3 is 2.48 bits per heavy atom. The summed E-state index contributed by atoms with van der Waals surface area (Å²) in [5, 5.41) is 22.8. The molecule has 0 aliphatic carbocycles. The van der Waals surface area contributed by atoms with Gasteiger partial charge in [-0.15, -0.1) is 0 Å². The Morgan fingerprint density at radius 1 is 1.06 bits per heavy atom. The number of aliphatic carboxylic acids is 1. The fourth-order valence-electron chi connectivity index (χ4n) is 3.11. The third-order valence-electron chi connectivity index (χ3n) is 4.71. The summed E-state index contributed by atoms with van der Waals surface area (Å²) in [6, 6.07) is 18.8. The SMILES string of the molecule is N=C(N)c1ccc(NC(=O)c2cc(Cl)ccc2NCCc2ccccc2OCC(=O)O)cc1. The number of benzene rings is 3. The summed E-state index contributed by atoms with van der Waals surface area (Å²) < 4.78 is 5.34. The molecule has 0 atom stereocenters. The molecule has 0 unspecified atom stereocenters. The number of carbonyl (C=O) groups is 2. The quantitative estimate of drug-likeness (QED) is 0.226. The number of carbonyl (C=O) groups excluding carboxylic acids is 1. The smallest absolute Gasteiger partial charge is 0.341 e. The number of carboxylic acids is 1. The normalized spacial score (nSPS) is 10.3. The molecule has 0 spiro atoms. The first-order valence-corrected chi connectivity index (χ1v) is 10.4. The van der Waals surface area contributed by atoms with Crippen LogP contribution in [0.3, 0.4) is 0 Å². The number of ether oxygens (including phenoxy) is 1. The van der Waals surface area contributed by atoms with Crippen molar-refractivity contribution < 1.29 is 19.4 Å². The molecule has 0 fully saturated rings. The van der Waals surface area contributed by atoms with Crippen molar-refractivity contribution in [1.82, 2.24) is 0 Å². The monoisotopic (exact) mass is 466 g/mol. The first-order valence-electron chi connectivity index (χ1n) is 10.0. The van der Waals surface area contributed by atoms with Crippen molar-refractivity contribution in [1.29, 1.82) is 5.41 Å². The minimum absolute atomic E-state index is 0.0517. The van der Waals surface area contributed by atoms with Crippen LogP contribution in [0.25, 0.3) is 0 Å². The van der Waals surface area contributed by atoms with Crippen molar-refractivity contribution in [2.45, 2.75) is 6.42 Å². The van der Waals surface area contributed by atoms with Gasteiger partial charge in [0.2, 0.25) is 0 Å². The average Bonchev–Trinajstić information content (AvgIpc) is 2.79. The first-order chi connectivity index (χ1) is 15.8. The minimum Gasteiger partial charge on any atom is -0.482 e. The van der Waals surface area contributed by atoms with Crippen molar-refractivity contribution in [3.8, 4) is 5.75 Å². The van der Waals surface area contributed by atoms with Gasteiger partial charge in [-0.2, -0.15) is 0 Å². The lowest BCUT2D eigenvalue weighted by molar-refractivity contribution is -0.139. The van der Waals surface area contributed by atoms with Gasteiger partial charge in [0.15, 0.2) is 6.61 Å². The molecule has 6 N–H and O–H groups in total. The van der Waals surface area contributed by atoms with Crippen LogP contribution in [0, 0.1) is 5.41 Å². The van der Waals surface area contributed by atoms with E-state index in [0.717, 1.165) is 5.56 Å². The van der Waals surface area contributed by atoms with Crippen LogP contribution in [0.4, 0.5) is 11.4 Å². The van der Waals surface area contributed by atoms with Crippen molar-refractivity contribution >= 4 is 40.7 Å². The molecule has 9 heteroatoms. The summed E-state index contributed by atoms with van der Waals surface area (Å²) in [7, 11) is 0. The highest BCUT2D eigenvalue weighted by Crippen LogP contribution is 2.23. The van der Waals surface area contributed by atoms with E-state index in [0.29, 0.717) is 46.2 Å². The highest BCUT2D eigenvalue weighted by Gasteiger charge is 2.13. The van der Waals surface area contributed by atoms with Crippen LogP contribution in [0.15, 0.2) is 66.7 Å². The third kappa shape index (κ3) is 6.72. The fraction of sp³-hybridized carbons (Fsp3) is 0.125. The molecule has 8 nitrogen and oxygen atoms in total. The van der Waals surface area contributed by atoms with Crippen LogP contribution in [-0.4, -0.2) is 36.0 Å². The number of nitrogen functional groups attached to an aromatic ring is 1. The van der Waals surface area contributed by atoms with Crippen molar-refractivity contribution in [3.05, 3.63) is 88.4 Å². The van der Waals surface area contributed by atoms with Crippen LogP contribution in [0.5, 0.6) is 5.75 Å². The molecular weight excluding hydrogens is 444 g/mol. The lowest BCUT2D eigenvalue weighted by Gasteiger charge is -2.14. The van der Waals surface area contributed by atoms with Crippen LogP contribution < -0.4 is 21.1 Å². The van der Waals surface area contributed by atoms with Gasteiger partial charge in [0, 0.05) is 28.5 Å². The molecule has 3 aromatic rings.